The van der Waals surface area contributed by atoms with Gasteiger partial charge in [0.25, 0.3) is 0 Å². The number of para-hydroxylation sites is 9. The number of hydrogen-bond donors (Lipinski definition) is 0. The Balaban J connectivity index is 0.000000107. The van der Waals surface area contributed by atoms with E-state index in [4.69, 9.17) is 4.74 Å². The highest BCUT2D eigenvalue weighted by Gasteiger charge is 2.24. The summed E-state index contributed by atoms with van der Waals surface area (Å²) in [5, 5.41) is 12.7. The minimum atomic E-state index is 0.915. The maximum Gasteiger partial charge on any atom is 0.151 e. The molecule has 628 valence electrons. The molecule has 11 heteroatoms. The van der Waals surface area contributed by atoms with Gasteiger partial charge in [0.15, 0.2) is 11.5 Å². The fraction of sp³-hybridized carbons (Fsp3) is 0.0932. The van der Waals surface area contributed by atoms with E-state index in [0.717, 1.165) is 57.0 Å². The second-order valence-electron chi connectivity index (χ2n) is 34.0. The highest BCUT2D eigenvalue weighted by atomic mass is 16.5. The van der Waals surface area contributed by atoms with Gasteiger partial charge in [-0.2, -0.15) is 0 Å². The van der Waals surface area contributed by atoms with Gasteiger partial charge in [-0.1, -0.05) is 221 Å². The van der Waals surface area contributed by atoms with Gasteiger partial charge in [0, 0.05) is 197 Å². The Kier molecular flexibility index (Phi) is 21.7. The number of aryl methyl sites for hydroxylation is 10. The molecule has 0 radical (unpaired) electrons. The lowest BCUT2D eigenvalue weighted by Gasteiger charge is -2.29. The molecule has 0 amide bonds. The molecule has 24 rings (SSSR count). The van der Waals surface area contributed by atoms with E-state index >= 15 is 0 Å². The Morgan fingerprint density at radius 2 is 0.450 bits per heavy atom. The number of ether oxygens (including phenoxy) is 1. The summed E-state index contributed by atoms with van der Waals surface area (Å²) in [6.45, 7) is 12.8. The molecular formula is C118H100N10O. The average molecular weight is 1670 g/mol. The van der Waals surface area contributed by atoms with Crippen LogP contribution < -0.4 is 24.3 Å². The van der Waals surface area contributed by atoms with Crippen LogP contribution >= 0.6 is 0 Å². The molecule has 0 atom stereocenters. The predicted molar refractivity (Wildman–Crippen MR) is 547 cm³/mol. The van der Waals surface area contributed by atoms with Crippen molar-refractivity contribution in [1.82, 2.24) is 27.8 Å². The van der Waals surface area contributed by atoms with Crippen LogP contribution in [0.2, 0.25) is 0 Å². The summed E-state index contributed by atoms with van der Waals surface area (Å²) < 4.78 is 17.2. The van der Waals surface area contributed by atoms with Gasteiger partial charge >= 0.3 is 0 Å². The van der Waals surface area contributed by atoms with Crippen LogP contribution in [-0.4, -0.2) is 34.9 Å². The van der Waals surface area contributed by atoms with Crippen LogP contribution in [-0.2, 0) is 28.2 Å². The van der Waals surface area contributed by atoms with Crippen LogP contribution in [0.5, 0.6) is 11.5 Å². The van der Waals surface area contributed by atoms with E-state index in [-0.39, 0.29) is 0 Å². The summed E-state index contributed by atoms with van der Waals surface area (Å²) in [4.78, 5) is 13.3. The smallest absolute Gasteiger partial charge is 0.151 e. The molecule has 17 aromatic carbocycles. The molecule has 0 saturated heterocycles. The lowest BCUT2D eigenvalue weighted by molar-refractivity contribution is 0.475. The number of hydrogen-bond acceptors (Lipinski definition) is 6. The van der Waals surface area contributed by atoms with E-state index in [1.54, 1.807) is 0 Å². The summed E-state index contributed by atoms with van der Waals surface area (Å²) >= 11 is 0. The minimum Gasteiger partial charge on any atom is -0.453 e. The Morgan fingerprint density at radius 1 is 0.209 bits per heavy atom. The normalized spacial score (nSPS) is 11.6. The molecule has 7 heterocycles. The quantitative estimate of drug-likeness (QED) is 0.136. The molecule has 23 aromatic rings. The van der Waals surface area contributed by atoms with Crippen molar-refractivity contribution >= 4 is 172 Å². The average Bonchev–Trinajstić information content (AvgIpc) is 1.59. The summed E-state index contributed by atoms with van der Waals surface area (Å²) in [5.74, 6) is 1.83. The van der Waals surface area contributed by atoms with Crippen molar-refractivity contribution < 1.29 is 4.74 Å². The first kappa shape index (κ1) is 81.2. The third kappa shape index (κ3) is 15.4. The van der Waals surface area contributed by atoms with Crippen molar-refractivity contribution in [1.29, 1.82) is 0 Å². The molecule has 129 heavy (non-hydrogen) atoms. The van der Waals surface area contributed by atoms with E-state index in [1.807, 2.05) is 48.8 Å². The number of aromatic nitrogens is 6. The fourth-order valence-electron chi connectivity index (χ4n) is 18.7. The summed E-state index contributed by atoms with van der Waals surface area (Å²) in [6, 6.07) is 141. The molecular weight excluding hydrogens is 1570 g/mol. The Hall–Kier alpha value is -16.1. The first-order valence-electron chi connectivity index (χ1n) is 44.2. The van der Waals surface area contributed by atoms with Crippen molar-refractivity contribution in [2.75, 3.05) is 26.6 Å². The second kappa shape index (κ2) is 34.4. The first-order valence-corrected chi connectivity index (χ1v) is 44.2. The standard InChI is InChI=1S/C41H37N3.C27H24N2.C25H18N2.C13H11NO.C12H10N2/c1-28-6-14-32(15-7-28)43(33-16-8-29(2)9-17-33)36-22-24-40-38(26-36)39-27-37(23-25-41(39)42(40)5)44(34-18-10-30(3)11-19-34)35-20-12-31(4)13-21-35;1-19-8-12-21(13-9-19)29(22-14-10-20(2)11-15-22)23-16-17-27-25(18-23)24-6-4-5-7-26(24)28(27)3;1-26-22-11-5-2-10-20(22)21-16-17(14-15-23(21)26)27-24-12-6-3-8-18(24)19-9-4-7-13-25(19)27;1-14-10-6-2-4-8-12(10)15-13-9-5-3-7-11(13)14;1-14-11-5-3-2-4-9(11)10-8-13-7-6-12(10)14/h6-27H,1-5H3;4-18H,1-3H3;2-16H,1H3;2-9H,1H3;2-8H,1H3. The third-order valence-electron chi connectivity index (χ3n) is 25.5. The summed E-state index contributed by atoms with van der Waals surface area (Å²) in [6.07, 6.45) is 3.76. The topological polar surface area (TPSA) is 59.7 Å². The van der Waals surface area contributed by atoms with Gasteiger partial charge in [-0.05, 0) is 248 Å². The van der Waals surface area contributed by atoms with Crippen molar-refractivity contribution in [3.63, 3.8) is 0 Å². The van der Waals surface area contributed by atoms with Gasteiger partial charge in [0.2, 0.25) is 0 Å². The van der Waals surface area contributed by atoms with Crippen LogP contribution in [0, 0.1) is 41.5 Å². The molecule has 0 unspecified atom stereocenters. The lowest BCUT2D eigenvalue weighted by Crippen LogP contribution is -2.15. The number of benzene rings is 17. The van der Waals surface area contributed by atoms with Crippen molar-refractivity contribution in [2.24, 2.45) is 28.2 Å². The zero-order chi connectivity index (χ0) is 88.1. The van der Waals surface area contributed by atoms with Crippen LogP contribution in [0.25, 0.3) is 115 Å². The van der Waals surface area contributed by atoms with E-state index in [2.05, 4.69) is 482 Å². The van der Waals surface area contributed by atoms with E-state index in [9.17, 15) is 0 Å². The van der Waals surface area contributed by atoms with Crippen LogP contribution in [0.15, 0.2) is 407 Å². The van der Waals surface area contributed by atoms with Gasteiger partial charge in [-0.3, -0.25) is 4.98 Å². The van der Waals surface area contributed by atoms with Gasteiger partial charge in [-0.15, -0.1) is 0 Å². The predicted octanol–water partition coefficient (Wildman–Crippen LogP) is 31.6. The summed E-state index contributed by atoms with van der Waals surface area (Å²) in [5.41, 5.74) is 33.8. The fourth-order valence-corrected chi connectivity index (χ4v) is 18.7. The van der Waals surface area contributed by atoms with Crippen molar-refractivity contribution in [3.8, 4) is 17.2 Å². The monoisotopic (exact) mass is 1670 g/mol. The Labute approximate surface area is 752 Å². The number of pyridine rings is 1. The zero-order valence-electron chi connectivity index (χ0n) is 74.6. The van der Waals surface area contributed by atoms with Gasteiger partial charge in [0.05, 0.1) is 27.9 Å². The highest BCUT2D eigenvalue weighted by Crippen LogP contribution is 2.48. The second-order valence-corrected chi connectivity index (χ2v) is 34.0. The van der Waals surface area contributed by atoms with Gasteiger partial charge < -0.3 is 47.2 Å². The molecule has 0 bridgehead atoms. The van der Waals surface area contributed by atoms with Crippen LogP contribution in [0.4, 0.5) is 62.6 Å². The largest absolute Gasteiger partial charge is 0.453 e. The van der Waals surface area contributed by atoms with Gasteiger partial charge in [-0.25, -0.2) is 0 Å². The van der Waals surface area contributed by atoms with E-state index < -0.39 is 0 Å². The zero-order valence-corrected chi connectivity index (χ0v) is 74.6. The van der Waals surface area contributed by atoms with Crippen molar-refractivity contribution in [2.45, 2.75) is 41.5 Å². The molecule has 0 fully saturated rings. The minimum absolute atomic E-state index is 0.915. The van der Waals surface area contributed by atoms with Crippen LogP contribution in [0.1, 0.15) is 33.4 Å². The molecule has 0 saturated carbocycles. The molecule has 11 nitrogen and oxygen atoms in total. The molecule has 1 aliphatic rings. The number of anilines is 11. The molecule has 0 aliphatic carbocycles. The maximum absolute atomic E-state index is 5.81. The summed E-state index contributed by atoms with van der Waals surface area (Å²) in [7, 11) is 10.6. The molecule has 1 aliphatic heterocycles. The molecule has 6 aromatic heterocycles. The number of rotatable bonds is 10. The van der Waals surface area contributed by atoms with E-state index in [0.29, 0.717) is 0 Å². The maximum atomic E-state index is 5.81. The van der Waals surface area contributed by atoms with Crippen LogP contribution in [0.3, 0.4) is 0 Å². The first-order chi connectivity index (χ1) is 63.0. The third-order valence-corrected chi connectivity index (χ3v) is 25.5. The SMILES string of the molecule is CN1c2ccccc2Oc2ccccc21.Cc1ccc(N(c2ccc(C)cc2)c2ccc3c(c2)c2cc(N(c4ccc(C)cc4)c4ccc(C)cc4)ccc2n3C)cc1.Cc1ccc(N(c2ccc(C)cc2)c2ccc3c(c2)c2ccccc2n3C)cc1.Cn1c2ccccc2c2cc(-n3c4ccccc4c4ccccc43)ccc21.Cn1c2ccccc2c2cnccc21. The molecule has 0 N–H and O–H groups in total. The molecule has 0 spiro atoms. The Bertz CT molecular complexity index is 7650. The highest BCUT2D eigenvalue weighted by molar-refractivity contribution is 6.14. The van der Waals surface area contributed by atoms with Crippen molar-refractivity contribution in [3.05, 3.63) is 440 Å². The van der Waals surface area contributed by atoms with E-state index in [1.165, 1.54) is 165 Å². The number of nitrogens with zero attached hydrogens (tertiary/aromatic N) is 10. The number of fused-ring (bicyclic) bond motifs is 17. The lowest BCUT2D eigenvalue weighted by atomic mass is 10.1. The van der Waals surface area contributed by atoms with Gasteiger partial charge in [0.1, 0.15) is 0 Å². The Morgan fingerprint density at radius 3 is 0.783 bits per heavy atom.